The maximum Gasteiger partial charge on any atom is 0.231 e. The van der Waals surface area contributed by atoms with E-state index in [9.17, 15) is 4.79 Å². The number of halogens is 1. The minimum Gasteiger partial charge on any atom is -0.369 e. The van der Waals surface area contributed by atoms with Gasteiger partial charge in [-0.25, -0.2) is 0 Å². The molecular formula is C10H15BrN2OS. The summed E-state index contributed by atoms with van der Waals surface area (Å²) in [6.45, 7) is 5.20. The van der Waals surface area contributed by atoms with Gasteiger partial charge >= 0.3 is 0 Å². The number of rotatable bonds is 5. The van der Waals surface area contributed by atoms with Crippen LogP contribution in [0.15, 0.2) is 15.2 Å². The average molecular weight is 291 g/mol. The van der Waals surface area contributed by atoms with Crippen LogP contribution in [0.5, 0.6) is 0 Å². The summed E-state index contributed by atoms with van der Waals surface area (Å²) in [5, 5.41) is 2.08. The lowest BCUT2D eigenvalue weighted by molar-refractivity contribution is -0.119. The highest BCUT2D eigenvalue weighted by Gasteiger charge is 2.13. The van der Waals surface area contributed by atoms with E-state index in [1.54, 1.807) is 11.3 Å². The number of primary amides is 1. The van der Waals surface area contributed by atoms with Crippen LogP contribution < -0.4 is 5.73 Å². The Balaban J connectivity index is 2.62. The first-order valence-corrected chi connectivity index (χ1v) is 6.41. The zero-order valence-corrected chi connectivity index (χ0v) is 11.3. The lowest BCUT2D eigenvalue weighted by atomic mass is 10.2. The molecule has 2 N–H and O–H groups in total. The number of thiophene rings is 1. The monoisotopic (exact) mass is 290 g/mol. The minimum absolute atomic E-state index is 0.280. The van der Waals surface area contributed by atoms with Gasteiger partial charge in [0.2, 0.25) is 5.91 Å². The van der Waals surface area contributed by atoms with Crippen LogP contribution in [0, 0.1) is 0 Å². The van der Waals surface area contributed by atoms with Crippen molar-refractivity contribution in [2.24, 2.45) is 5.73 Å². The van der Waals surface area contributed by atoms with Crippen molar-refractivity contribution in [1.82, 2.24) is 4.90 Å². The molecule has 15 heavy (non-hydrogen) atoms. The van der Waals surface area contributed by atoms with Crippen LogP contribution >= 0.6 is 27.3 Å². The maximum absolute atomic E-state index is 10.9. The van der Waals surface area contributed by atoms with Crippen molar-refractivity contribution in [3.05, 3.63) is 20.8 Å². The fourth-order valence-electron chi connectivity index (χ4n) is 1.28. The molecule has 1 aromatic heterocycles. The molecule has 0 saturated carbocycles. The van der Waals surface area contributed by atoms with Gasteiger partial charge in [0.05, 0.1) is 10.3 Å². The quantitative estimate of drug-likeness (QED) is 0.904. The first-order valence-electron chi connectivity index (χ1n) is 4.74. The summed E-state index contributed by atoms with van der Waals surface area (Å²) >= 11 is 5.07. The van der Waals surface area contributed by atoms with Crippen molar-refractivity contribution in [3.8, 4) is 0 Å². The molecule has 0 aliphatic carbocycles. The molecule has 1 aromatic rings. The van der Waals surface area contributed by atoms with E-state index in [1.165, 1.54) is 5.56 Å². The fraction of sp³-hybridized carbons (Fsp3) is 0.500. The van der Waals surface area contributed by atoms with Crippen molar-refractivity contribution in [2.75, 3.05) is 6.54 Å². The Kier molecular flexibility index (Phi) is 4.76. The molecule has 0 aliphatic rings. The van der Waals surface area contributed by atoms with E-state index in [4.69, 9.17) is 5.73 Å². The van der Waals surface area contributed by atoms with Gasteiger partial charge in [-0.3, -0.25) is 9.69 Å². The summed E-state index contributed by atoms with van der Waals surface area (Å²) < 4.78 is 1.11. The molecule has 0 aliphatic heterocycles. The molecule has 3 nitrogen and oxygen atoms in total. The Hall–Kier alpha value is -0.390. The van der Waals surface area contributed by atoms with Gasteiger partial charge in [0.25, 0.3) is 0 Å². The first-order chi connectivity index (χ1) is 6.99. The van der Waals surface area contributed by atoms with Gasteiger partial charge in [0.15, 0.2) is 0 Å². The first kappa shape index (κ1) is 12.7. The number of carbonyl (C=O) groups is 1. The normalized spacial score (nSPS) is 11.3. The number of nitrogens with two attached hydrogens (primary N) is 1. The Labute approximate surface area is 102 Å². The third-order valence-corrected chi connectivity index (χ3v) is 3.65. The van der Waals surface area contributed by atoms with Gasteiger partial charge in [-0.15, -0.1) is 11.3 Å². The Bertz CT molecular complexity index is 338. The summed E-state index contributed by atoms with van der Waals surface area (Å²) in [5.74, 6) is -0.280. The molecule has 0 saturated heterocycles. The van der Waals surface area contributed by atoms with Gasteiger partial charge < -0.3 is 5.73 Å². The molecule has 1 amide bonds. The van der Waals surface area contributed by atoms with Crippen molar-refractivity contribution < 1.29 is 4.79 Å². The van der Waals surface area contributed by atoms with Crippen LogP contribution in [0.25, 0.3) is 0 Å². The highest BCUT2D eigenvalue weighted by Crippen LogP contribution is 2.22. The lowest BCUT2D eigenvalue weighted by Crippen LogP contribution is -2.37. The van der Waals surface area contributed by atoms with Crippen LogP contribution in [-0.4, -0.2) is 23.4 Å². The zero-order chi connectivity index (χ0) is 11.4. The van der Waals surface area contributed by atoms with E-state index in [0.29, 0.717) is 12.6 Å². The second-order valence-electron chi connectivity index (χ2n) is 3.72. The average Bonchev–Trinajstić information content (AvgIpc) is 2.49. The second kappa shape index (κ2) is 5.63. The number of hydrogen-bond donors (Lipinski definition) is 1. The molecule has 0 atom stereocenters. The molecule has 0 unspecified atom stereocenters. The number of amides is 1. The maximum atomic E-state index is 10.9. The summed E-state index contributed by atoms with van der Waals surface area (Å²) in [5.41, 5.74) is 6.41. The Morgan fingerprint density at radius 1 is 1.67 bits per heavy atom. The molecule has 84 valence electrons. The summed E-state index contributed by atoms with van der Waals surface area (Å²) in [4.78, 5) is 12.9. The zero-order valence-electron chi connectivity index (χ0n) is 8.87. The summed E-state index contributed by atoms with van der Waals surface area (Å²) in [6, 6.07) is 2.39. The van der Waals surface area contributed by atoms with E-state index in [2.05, 4.69) is 46.1 Å². The van der Waals surface area contributed by atoms with Crippen molar-refractivity contribution in [2.45, 2.75) is 26.4 Å². The van der Waals surface area contributed by atoms with Crippen LogP contribution in [-0.2, 0) is 11.3 Å². The lowest BCUT2D eigenvalue weighted by Gasteiger charge is -2.24. The smallest absolute Gasteiger partial charge is 0.231 e. The standard InChI is InChI=1S/C10H15BrN2OS/c1-7(2)13(5-10(12)14)4-8-3-9(11)15-6-8/h3,6-7H,4-5H2,1-2H3,(H2,12,14). The topological polar surface area (TPSA) is 46.3 Å². The SMILES string of the molecule is CC(C)N(CC(N)=O)Cc1csc(Br)c1. The van der Waals surface area contributed by atoms with E-state index >= 15 is 0 Å². The number of nitrogens with zero attached hydrogens (tertiary/aromatic N) is 1. The van der Waals surface area contributed by atoms with Crippen LogP contribution in [0.2, 0.25) is 0 Å². The van der Waals surface area contributed by atoms with Gasteiger partial charge in [-0.1, -0.05) is 0 Å². The van der Waals surface area contributed by atoms with Crippen molar-refractivity contribution in [1.29, 1.82) is 0 Å². The van der Waals surface area contributed by atoms with Crippen LogP contribution in [0.1, 0.15) is 19.4 Å². The van der Waals surface area contributed by atoms with E-state index in [1.807, 2.05) is 0 Å². The molecule has 0 spiro atoms. The Morgan fingerprint density at radius 2 is 2.33 bits per heavy atom. The molecule has 0 aromatic carbocycles. The van der Waals surface area contributed by atoms with Gasteiger partial charge in [-0.05, 0) is 46.8 Å². The predicted octanol–water partition coefficient (Wildman–Crippen LogP) is 2.21. The number of hydrogen-bond acceptors (Lipinski definition) is 3. The minimum atomic E-state index is -0.280. The third-order valence-electron chi connectivity index (χ3n) is 2.10. The van der Waals surface area contributed by atoms with Crippen LogP contribution in [0.4, 0.5) is 0 Å². The molecule has 5 heteroatoms. The molecule has 1 rings (SSSR count). The largest absolute Gasteiger partial charge is 0.369 e. The van der Waals surface area contributed by atoms with E-state index in [-0.39, 0.29) is 5.91 Å². The third kappa shape index (κ3) is 4.32. The molecule has 0 bridgehead atoms. The second-order valence-corrected chi connectivity index (χ2v) is 6.01. The van der Waals surface area contributed by atoms with Gasteiger partial charge in [0, 0.05) is 12.6 Å². The predicted molar refractivity (Wildman–Crippen MR) is 66.8 cm³/mol. The summed E-state index contributed by atoms with van der Waals surface area (Å²) in [7, 11) is 0. The highest BCUT2D eigenvalue weighted by molar-refractivity contribution is 9.11. The molecule has 1 heterocycles. The van der Waals surface area contributed by atoms with Crippen molar-refractivity contribution >= 4 is 33.2 Å². The Morgan fingerprint density at radius 3 is 2.73 bits per heavy atom. The van der Waals surface area contributed by atoms with Crippen LogP contribution in [0.3, 0.4) is 0 Å². The highest BCUT2D eigenvalue weighted by atomic mass is 79.9. The number of carbonyl (C=O) groups excluding carboxylic acids is 1. The molecular weight excluding hydrogens is 276 g/mol. The van der Waals surface area contributed by atoms with Crippen molar-refractivity contribution in [3.63, 3.8) is 0 Å². The molecule has 0 fully saturated rings. The van der Waals surface area contributed by atoms with Gasteiger partial charge in [0.1, 0.15) is 0 Å². The fourth-order valence-corrected chi connectivity index (χ4v) is 2.48. The van der Waals surface area contributed by atoms with E-state index in [0.717, 1.165) is 10.3 Å². The van der Waals surface area contributed by atoms with Gasteiger partial charge in [-0.2, -0.15) is 0 Å². The molecule has 0 radical (unpaired) electrons. The van der Waals surface area contributed by atoms with E-state index < -0.39 is 0 Å². The summed E-state index contributed by atoms with van der Waals surface area (Å²) in [6.07, 6.45) is 0.